The van der Waals surface area contributed by atoms with Gasteiger partial charge in [0.2, 0.25) is 0 Å². The molecule has 6 heteroatoms. The average molecular weight is 268 g/mol. The van der Waals surface area contributed by atoms with Crippen molar-refractivity contribution in [3.05, 3.63) is 35.8 Å². The van der Waals surface area contributed by atoms with E-state index in [9.17, 15) is 9.18 Å². The van der Waals surface area contributed by atoms with Gasteiger partial charge < -0.3 is 20.5 Å². The number of likely N-dealkylation sites (N-methyl/N-ethyl adjacent to an activating group) is 1. The lowest BCUT2D eigenvalue weighted by Crippen LogP contribution is -2.26. The zero-order valence-corrected chi connectivity index (χ0v) is 10.6. The number of aromatic amines is 1. The number of carbonyl (C=O) groups is 1. The number of nitrogens with one attached hydrogen (secondary N) is 2. The molecular formula is C13H17FN2O3. The molecule has 0 aliphatic heterocycles. The van der Waals surface area contributed by atoms with Gasteiger partial charge in [0.1, 0.15) is 5.82 Å². The number of aliphatic hydroxyl groups is 2. The highest BCUT2D eigenvalue weighted by Gasteiger charge is 1.99. The van der Waals surface area contributed by atoms with Crippen LogP contribution in [0.1, 0.15) is 10.5 Å². The lowest BCUT2D eigenvalue weighted by Gasteiger charge is -2.02. The van der Waals surface area contributed by atoms with Crippen molar-refractivity contribution in [2.45, 2.75) is 6.10 Å². The van der Waals surface area contributed by atoms with Gasteiger partial charge in [0.05, 0.1) is 18.4 Å². The van der Waals surface area contributed by atoms with Gasteiger partial charge >= 0.3 is 0 Å². The van der Waals surface area contributed by atoms with Crippen LogP contribution >= 0.6 is 0 Å². The molecule has 1 aromatic heterocycles. The molecule has 1 aromatic carbocycles. The smallest absolute Gasteiger partial charge is 0.166 e. The van der Waals surface area contributed by atoms with E-state index in [1.54, 1.807) is 19.2 Å². The Morgan fingerprint density at radius 2 is 2.21 bits per heavy atom. The number of rotatable bonds is 4. The third-order valence-corrected chi connectivity index (χ3v) is 2.38. The summed E-state index contributed by atoms with van der Waals surface area (Å²) in [7, 11) is 1.72. The number of benzene rings is 1. The Morgan fingerprint density at radius 1 is 1.47 bits per heavy atom. The minimum absolute atomic E-state index is 0.166. The number of aldehydes is 1. The fourth-order valence-electron chi connectivity index (χ4n) is 1.49. The molecule has 0 aliphatic rings. The maximum absolute atomic E-state index is 12.6. The van der Waals surface area contributed by atoms with E-state index in [1.165, 1.54) is 12.1 Å². The van der Waals surface area contributed by atoms with Crippen LogP contribution in [0.5, 0.6) is 0 Å². The van der Waals surface area contributed by atoms with Crippen LogP contribution in [0.15, 0.2) is 24.3 Å². The minimum Gasteiger partial charge on any atom is -0.394 e. The summed E-state index contributed by atoms with van der Waals surface area (Å²) in [4.78, 5) is 13.2. The monoisotopic (exact) mass is 268 g/mol. The first-order valence-corrected chi connectivity index (χ1v) is 5.77. The normalized spacial score (nSPS) is 11.8. The van der Waals surface area contributed by atoms with E-state index in [-0.39, 0.29) is 12.4 Å². The number of H-pyrrole nitrogens is 1. The van der Waals surface area contributed by atoms with E-state index in [0.717, 1.165) is 10.9 Å². The summed E-state index contributed by atoms with van der Waals surface area (Å²) in [5, 5.41) is 20.1. The molecule has 0 amide bonds. The number of aliphatic hydroxyl groups excluding tert-OH is 2. The van der Waals surface area contributed by atoms with Crippen LogP contribution in [-0.4, -0.2) is 47.8 Å². The molecule has 0 bridgehead atoms. The standard InChI is InChI=1S/C9H6FNO.C4H11NO2/c10-7-1-2-9-6(3-7)4-8(5-12)11-9;1-5-2-4(7)3-6/h1-5,11H;4-7H,2-3H2,1H3. The van der Waals surface area contributed by atoms with Crippen molar-refractivity contribution < 1.29 is 19.4 Å². The molecule has 1 heterocycles. The zero-order chi connectivity index (χ0) is 14.3. The Bertz CT molecular complexity index is 528. The highest BCUT2D eigenvalue weighted by atomic mass is 19.1. The second-order valence-corrected chi connectivity index (χ2v) is 3.97. The maximum Gasteiger partial charge on any atom is 0.166 e. The fourth-order valence-corrected chi connectivity index (χ4v) is 1.49. The van der Waals surface area contributed by atoms with Crippen LogP contribution in [0.2, 0.25) is 0 Å². The van der Waals surface area contributed by atoms with E-state index >= 15 is 0 Å². The topological polar surface area (TPSA) is 85.3 Å². The van der Waals surface area contributed by atoms with Gasteiger partial charge in [-0.05, 0) is 31.3 Å². The van der Waals surface area contributed by atoms with E-state index in [1.807, 2.05) is 0 Å². The summed E-state index contributed by atoms with van der Waals surface area (Å²) in [6, 6.07) is 5.97. The maximum atomic E-state index is 12.6. The Kier molecular flexibility index (Phi) is 6.14. The summed E-state index contributed by atoms with van der Waals surface area (Å²) >= 11 is 0. The van der Waals surface area contributed by atoms with Crippen molar-refractivity contribution in [2.24, 2.45) is 0 Å². The number of hydrogen-bond donors (Lipinski definition) is 4. The van der Waals surface area contributed by atoms with Crippen LogP contribution in [0, 0.1) is 5.82 Å². The fraction of sp³-hybridized carbons (Fsp3) is 0.308. The molecule has 1 atom stereocenters. The Labute approximate surface area is 110 Å². The number of halogens is 1. The highest BCUT2D eigenvalue weighted by molar-refractivity contribution is 5.87. The van der Waals surface area contributed by atoms with Gasteiger partial charge in [-0.2, -0.15) is 0 Å². The molecule has 4 N–H and O–H groups in total. The summed E-state index contributed by atoms with van der Waals surface area (Å²) in [6.07, 6.45) is 0.0998. The zero-order valence-electron chi connectivity index (χ0n) is 10.6. The third kappa shape index (κ3) is 4.78. The number of aromatic nitrogens is 1. The first kappa shape index (κ1) is 15.3. The lowest BCUT2D eigenvalue weighted by molar-refractivity contribution is 0.0961. The quantitative estimate of drug-likeness (QED) is 0.614. The van der Waals surface area contributed by atoms with E-state index in [4.69, 9.17) is 10.2 Å². The second-order valence-electron chi connectivity index (χ2n) is 3.97. The van der Waals surface area contributed by atoms with E-state index in [2.05, 4.69) is 10.3 Å². The van der Waals surface area contributed by atoms with Crippen molar-refractivity contribution in [1.29, 1.82) is 0 Å². The van der Waals surface area contributed by atoms with Crippen molar-refractivity contribution in [1.82, 2.24) is 10.3 Å². The third-order valence-electron chi connectivity index (χ3n) is 2.38. The van der Waals surface area contributed by atoms with Gasteiger partial charge in [-0.15, -0.1) is 0 Å². The van der Waals surface area contributed by atoms with Gasteiger partial charge in [0, 0.05) is 17.4 Å². The molecular weight excluding hydrogens is 251 g/mol. The van der Waals surface area contributed by atoms with Gasteiger partial charge in [-0.25, -0.2) is 4.39 Å². The van der Waals surface area contributed by atoms with Crippen molar-refractivity contribution >= 4 is 17.2 Å². The van der Waals surface area contributed by atoms with Gasteiger partial charge in [-0.3, -0.25) is 4.79 Å². The first-order valence-electron chi connectivity index (χ1n) is 5.77. The van der Waals surface area contributed by atoms with Crippen molar-refractivity contribution in [3.63, 3.8) is 0 Å². The minimum atomic E-state index is -0.606. The average Bonchev–Trinajstić information content (AvgIpc) is 2.81. The lowest BCUT2D eigenvalue weighted by atomic mass is 10.2. The van der Waals surface area contributed by atoms with Crippen LogP contribution in [-0.2, 0) is 0 Å². The number of fused-ring (bicyclic) bond motifs is 1. The molecule has 104 valence electrons. The summed E-state index contributed by atoms with van der Waals surface area (Å²) in [5.41, 5.74) is 1.24. The van der Waals surface area contributed by atoms with E-state index < -0.39 is 6.10 Å². The molecule has 0 radical (unpaired) electrons. The molecule has 0 spiro atoms. The molecule has 0 saturated heterocycles. The largest absolute Gasteiger partial charge is 0.394 e. The molecule has 0 fully saturated rings. The molecule has 2 rings (SSSR count). The van der Waals surface area contributed by atoms with Gasteiger partial charge in [-0.1, -0.05) is 0 Å². The summed E-state index contributed by atoms with van der Waals surface area (Å²) < 4.78 is 12.6. The Hall–Kier alpha value is -1.76. The van der Waals surface area contributed by atoms with Crippen LogP contribution in [0.4, 0.5) is 4.39 Å². The predicted octanol–water partition coefficient (Wildman–Crippen LogP) is 0.678. The highest BCUT2D eigenvalue weighted by Crippen LogP contribution is 2.15. The van der Waals surface area contributed by atoms with Crippen LogP contribution in [0.25, 0.3) is 10.9 Å². The summed E-state index contributed by atoms with van der Waals surface area (Å²) in [6.45, 7) is 0.289. The molecule has 1 unspecified atom stereocenters. The Morgan fingerprint density at radius 3 is 2.74 bits per heavy atom. The van der Waals surface area contributed by atoms with E-state index in [0.29, 0.717) is 18.5 Å². The number of hydrogen-bond acceptors (Lipinski definition) is 4. The SMILES string of the molecule is CNCC(O)CO.O=Cc1cc2cc(F)ccc2[nH]1. The summed E-state index contributed by atoms with van der Waals surface area (Å²) in [5.74, 6) is -0.293. The van der Waals surface area contributed by atoms with Gasteiger partial charge in [0.15, 0.2) is 6.29 Å². The molecule has 0 saturated carbocycles. The molecule has 2 aromatic rings. The Balaban J connectivity index is 0.000000224. The van der Waals surface area contributed by atoms with Crippen LogP contribution < -0.4 is 5.32 Å². The molecule has 0 aliphatic carbocycles. The molecule has 5 nitrogen and oxygen atoms in total. The first-order chi connectivity index (χ1) is 9.10. The van der Waals surface area contributed by atoms with Gasteiger partial charge in [0.25, 0.3) is 0 Å². The predicted molar refractivity (Wildman–Crippen MR) is 70.7 cm³/mol. The van der Waals surface area contributed by atoms with Crippen molar-refractivity contribution in [3.8, 4) is 0 Å². The van der Waals surface area contributed by atoms with Crippen molar-refractivity contribution in [2.75, 3.05) is 20.2 Å². The second kappa shape index (κ2) is 7.63. The van der Waals surface area contributed by atoms with Crippen LogP contribution in [0.3, 0.4) is 0 Å². The molecule has 19 heavy (non-hydrogen) atoms. The number of carbonyl (C=O) groups excluding carboxylic acids is 1.